The lowest BCUT2D eigenvalue weighted by Gasteiger charge is -2.40. The summed E-state index contributed by atoms with van der Waals surface area (Å²) < 4.78 is 10.9. The zero-order valence-corrected chi connectivity index (χ0v) is 20.3. The first-order chi connectivity index (χ1) is 16.3. The molecule has 0 unspecified atom stereocenters. The number of carbonyl (C=O) groups excluding carboxylic acids is 3. The van der Waals surface area contributed by atoms with Gasteiger partial charge in [-0.1, -0.05) is 32.0 Å². The number of carbonyl (C=O) groups is 3. The Balaban J connectivity index is 1.71. The molecule has 0 saturated carbocycles. The lowest BCUT2D eigenvalue weighted by molar-refractivity contribution is -0.146. The van der Waals surface area contributed by atoms with E-state index >= 15 is 0 Å². The van der Waals surface area contributed by atoms with Crippen LogP contribution in [-0.2, 0) is 29.1 Å². The molecule has 0 aromatic heterocycles. The molecule has 3 amide bonds. The number of nitrogens with zero attached hydrogens (tertiary/aromatic N) is 2. The SMILES string of the molecule is CNC(=O)[C@@H]1Cc2cc(OC)c(OC)cc2CN1C(=O)[C@H](C(C)C)N1Cc2ccccc2C1=O. The zero-order valence-electron chi connectivity index (χ0n) is 20.3. The summed E-state index contributed by atoms with van der Waals surface area (Å²) in [7, 11) is 4.70. The van der Waals surface area contributed by atoms with Crippen molar-refractivity contribution in [2.45, 2.75) is 45.4 Å². The Hall–Kier alpha value is -3.55. The molecule has 0 radical (unpaired) electrons. The van der Waals surface area contributed by atoms with Gasteiger partial charge < -0.3 is 24.6 Å². The van der Waals surface area contributed by atoms with Gasteiger partial charge in [0.15, 0.2) is 11.5 Å². The van der Waals surface area contributed by atoms with Crippen LogP contribution in [0.25, 0.3) is 0 Å². The van der Waals surface area contributed by atoms with Gasteiger partial charge in [0, 0.05) is 32.1 Å². The molecule has 180 valence electrons. The van der Waals surface area contributed by atoms with Crippen molar-refractivity contribution < 1.29 is 23.9 Å². The van der Waals surface area contributed by atoms with Crippen LogP contribution in [0.15, 0.2) is 36.4 Å². The van der Waals surface area contributed by atoms with Crippen molar-refractivity contribution >= 4 is 17.7 Å². The normalized spacial score (nSPS) is 17.8. The number of fused-ring (bicyclic) bond motifs is 2. The highest BCUT2D eigenvalue weighted by molar-refractivity contribution is 6.01. The van der Waals surface area contributed by atoms with Crippen molar-refractivity contribution in [1.29, 1.82) is 0 Å². The molecule has 4 rings (SSSR count). The minimum atomic E-state index is -0.690. The second kappa shape index (κ2) is 9.37. The Labute approximate surface area is 199 Å². The number of rotatable bonds is 6. The lowest BCUT2D eigenvalue weighted by atomic mass is 9.90. The van der Waals surface area contributed by atoms with Crippen LogP contribution in [-0.4, -0.2) is 60.9 Å². The number of likely N-dealkylation sites (N-methyl/N-ethyl adjacent to an activating group) is 1. The topological polar surface area (TPSA) is 88.2 Å². The largest absolute Gasteiger partial charge is 0.493 e. The third-order valence-corrected chi connectivity index (χ3v) is 6.74. The van der Waals surface area contributed by atoms with Gasteiger partial charge in [-0.15, -0.1) is 0 Å². The number of hydrogen-bond donors (Lipinski definition) is 1. The van der Waals surface area contributed by atoms with Crippen LogP contribution in [0.4, 0.5) is 0 Å². The smallest absolute Gasteiger partial charge is 0.255 e. The summed E-state index contributed by atoms with van der Waals surface area (Å²) in [5.41, 5.74) is 3.37. The van der Waals surface area contributed by atoms with E-state index in [2.05, 4.69) is 5.32 Å². The Morgan fingerprint density at radius 2 is 1.65 bits per heavy atom. The highest BCUT2D eigenvalue weighted by atomic mass is 16.5. The van der Waals surface area contributed by atoms with E-state index < -0.39 is 12.1 Å². The van der Waals surface area contributed by atoms with E-state index in [1.807, 2.05) is 44.2 Å². The van der Waals surface area contributed by atoms with Crippen molar-refractivity contribution in [1.82, 2.24) is 15.1 Å². The van der Waals surface area contributed by atoms with Crippen LogP contribution >= 0.6 is 0 Å². The molecule has 2 aromatic carbocycles. The highest BCUT2D eigenvalue weighted by Crippen LogP contribution is 2.36. The Morgan fingerprint density at radius 3 is 2.24 bits per heavy atom. The van der Waals surface area contributed by atoms with Gasteiger partial charge in [0.05, 0.1) is 14.2 Å². The molecule has 0 bridgehead atoms. The number of ether oxygens (including phenoxy) is 2. The lowest BCUT2D eigenvalue weighted by Crippen LogP contribution is -2.58. The van der Waals surface area contributed by atoms with Crippen LogP contribution in [0, 0.1) is 5.92 Å². The van der Waals surface area contributed by atoms with E-state index in [9.17, 15) is 14.4 Å². The number of hydrogen-bond acceptors (Lipinski definition) is 5. The molecule has 2 atom stereocenters. The molecule has 8 heteroatoms. The molecule has 0 fully saturated rings. The fourth-order valence-electron chi connectivity index (χ4n) is 4.99. The maximum absolute atomic E-state index is 14.0. The molecular formula is C26H31N3O5. The number of amides is 3. The van der Waals surface area contributed by atoms with Gasteiger partial charge in [-0.3, -0.25) is 14.4 Å². The quantitative estimate of drug-likeness (QED) is 0.708. The molecule has 2 aliphatic heterocycles. The second-order valence-corrected chi connectivity index (χ2v) is 9.06. The Kier molecular flexibility index (Phi) is 6.50. The van der Waals surface area contributed by atoms with Gasteiger partial charge >= 0.3 is 0 Å². The van der Waals surface area contributed by atoms with E-state index in [1.54, 1.807) is 37.1 Å². The first-order valence-corrected chi connectivity index (χ1v) is 11.4. The van der Waals surface area contributed by atoms with Gasteiger partial charge in [0.2, 0.25) is 11.8 Å². The molecule has 2 heterocycles. The predicted octanol–water partition coefficient (Wildman–Crippen LogP) is 2.38. The van der Waals surface area contributed by atoms with Crippen molar-refractivity contribution in [3.05, 3.63) is 58.7 Å². The van der Waals surface area contributed by atoms with E-state index in [4.69, 9.17) is 9.47 Å². The first-order valence-electron chi connectivity index (χ1n) is 11.4. The van der Waals surface area contributed by atoms with Crippen LogP contribution in [0.3, 0.4) is 0 Å². The van der Waals surface area contributed by atoms with Crippen molar-refractivity contribution in [3.8, 4) is 11.5 Å². The average Bonchev–Trinajstić information content (AvgIpc) is 3.17. The molecule has 8 nitrogen and oxygen atoms in total. The molecule has 0 saturated heterocycles. The summed E-state index contributed by atoms with van der Waals surface area (Å²) in [4.78, 5) is 43.4. The minimum absolute atomic E-state index is 0.136. The van der Waals surface area contributed by atoms with Crippen molar-refractivity contribution in [2.24, 2.45) is 5.92 Å². The average molecular weight is 466 g/mol. The highest BCUT2D eigenvalue weighted by Gasteiger charge is 2.43. The molecular weight excluding hydrogens is 434 g/mol. The third-order valence-electron chi connectivity index (χ3n) is 6.74. The summed E-state index contributed by atoms with van der Waals surface area (Å²) in [6.07, 6.45) is 0.347. The van der Waals surface area contributed by atoms with E-state index in [0.717, 1.165) is 16.7 Å². The van der Waals surface area contributed by atoms with Crippen molar-refractivity contribution in [2.75, 3.05) is 21.3 Å². The zero-order chi connectivity index (χ0) is 24.6. The Morgan fingerprint density at radius 1 is 1.00 bits per heavy atom. The van der Waals surface area contributed by atoms with Crippen LogP contribution in [0.5, 0.6) is 11.5 Å². The fraction of sp³-hybridized carbons (Fsp3) is 0.423. The van der Waals surface area contributed by atoms with E-state index in [-0.39, 0.29) is 30.2 Å². The number of nitrogens with one attached hydrogen (secondary N) is 1. The van der Waals surface area contributed by atoms with Crippen LogP contribution in [0.2, 0.25) is 0 Å². The van der Waals surface area contributed by atoms with Gasteiger partial charge in [-0.2, -0.15) is 0 Å². The van der Waals surface area contributed by atoms with E-state index in [1.165, 1.54) is 0 Å². The molecule has 2 aliphatic rings. The number of benzene rings is 2. The summed E-state index contributed by atoms with van der Waals surface area (Å²) in [6.45, 7) is 4.48. The minimum Gasteiger partial charge on any atom is -0.493 e. The molecule has 1 N–H and O–H groups in total. The predicted molar refractivity (Wildman–Crippen MR) is 127 cm³/mol. The molecule has 34 heavy (non-hydrogen) atoms. The standard InChI is InChI=1S/C26H31N3O5/c1-15(2)23(29-13-16-8-6-7-9-19(16)25(29)31)26(32)28-14-18-12-22(34-5)21(33-4)11-17(18)10-20(28)24(30)27-3/h6-9,11-12,15,20,23H,10,13-14H2,1-5H3,(H,27,30)/t20-,23-/m0/s1. The third kappa shape index (κ3) is 3.97. The van der Waals surface area contributed by atoms with Gasteiger partial charge in [0.1, 0.15) is 12.1 Å². The number of methoxy groups -OCH3 is 2. The maximum atomic E-state index is 14.0. The second-order valence-electron chi connectivity index (χ2n) is 9.06. The summed E-state index contributed by atoms with van der Waals surface area (Å²) in [5, 5.41) is 2.69. The van der Waals surface area contributed by atoms with Gasteiger partial charge in [-0.05, 0) is 40.8 Å². The summed E-state index contributed by atoms with van der Waals surface area (Å²) in [5.74, 6) is 0.387. The monoisotopic (exact) mass is 465 g/mol. The Bertz CT molecular complexity index is 1130. The van der Waals surface area contributed by atoms with Crippen molar-refractivity contribution in [3.63, 3.8) is 0 Å². The summed E-state index contributed by atoms with van der Waals surface area (Å²) >= 11 is 0. The molecule has 0 aliphatic carbocycles. The maximum Gasteiger partial charge on any atom is 0.255 e. The van der Waals surface area contributed by atoms with Gasteiger partial charge in [0.25, 0.3) is 5.91 Å². The molecule has 2 aromatic rings. The van der Waals surface area contributed by atoms with Crippen LogP contribution < -0.4 is 14.8 Å². The van der Waals surface area contributed by atoms with Crippen LogP contribution in [0.1, 0.15) is 40.9 Å². The first kappa shape index (κ1) is 23.6. The molecule has 0 spiro atoms. The fourth-order valence-corrected chi connectivity index (χ4v) is 4.99. The summed E-state index contributed by atoms with van der Waals surface area (Å²) in [6, 6.07) is 9.79. The van der Waals surface area contributed by atoms with Gasteiger partial charge in [-0.25, -0.2) is 0 Å². The van der Waals surface area contributed by atoms with E-state index in [0.29, 0.717) is 30.0 Å².